The summed E-state index contributed by atoms with van der Waals surface area (Å²) in [5.41, 5.74) is 4.51. The molecule has 3 aliphatic heterocycles. The van der Waals surface area contributed by atoms with Crippen LogP contribution in [0.15, 0.2) is 47.5 Å². The summed E-state index contributed by atoms with van der Waals surface area (Å²) in [6.07, 6.45) is 7.66. The molecule has 15 heteroatoms. The lowest BCUT2D eigenvalue weighted by Gasteiger charge is -2.27. The topological polar surface area (TPSA) is 173 Å². The zero-order valence-electron chi connectivity index (χ0n) is 32.2. The number of nitrogens with zero attached hydrogens (tertiary/aromatic N) is 5. The van der Waals surface area contributed by atoms with Gasteiger partial charge in [0.2, 0.25) is 11.8 Å². The zero-order valence-corrected chi connectivity index (χ0v) is 33.7. The number of fused-ring (bicyclic) bond motifs is 4. The summed E-state index contributed by atoms with van der Waals surface area (Å²) in [7, 11) is 0. The number of Topliss-reactive ketones (excluding diaryl/α,β-unsaturated/α-hetero) is 2. The molecule has 1 unspecified atom stereocenters. The number of amides is 4. The number of aliphatic imine (C=N–C) groups is 1. The maximum Gasteiger partial charge on any atom is 0.262 e. The van der Waals surface area contributed by atoms with Crippen LogP contribution in [0.5, 0.6) is 0 Å². The Labute approximate surface area is 339 Å². The molecule has 2 aromatic heterocycles. The van der Waals surface area contributed by atoms with E-state index in [1.165, 1.54) is 11.3 Å². The van der Waals surface area contributed by atoms with Crippen LogP contribution >= 0.6 is 22.9 Å². The highest BCUT2D eigenvalue weighted by Gasteiger charge is 2.44. The fourth-order valence-electron chi connectivity index (χ4n) is 7.78. The first kappa shape index (κ1) is 39.9. The second kappa shape index (κ2) is 17.0. The lowest BCUT2D eigenvalue weighted by atomic mass is 9.97. The third kappa shape index (κ3) is 8.24. The lowest BCUT2D eigenvalue weighted by Crippen LogP contribution is -2.54. The molecule has 4 aromatic rings. The Bertz CT molecular complexity index is 2310. The van der Waals surface area contributed by atoms with Crippen LogP contribution in [-0.2, 0) is 14.4 Å². The lowest BCUT2D eigenvalue weighted by molar-refractivity contribution is -0.136. The summed E-state index contributed by atoms with van der Waals surface area (Å²) in [6, 6.07) is 11.0. The number of piperidine rings is 1. The molecule has 5 heterocycles. The molecule has 13 nitrogen and oxygen atoms in total. The molecule has 57 heavy (non-hydrogen) atoms. The number of benzene rings is 2. The zero-order chi connectivity index (χ0) is 40.4. The minimum absolute atomic E-state index is 0.00370. The van der Waals surface area contributed by atoms with E-state index in [2.05, 4.69) is 20.8 Å². The van der Waals surface area contributed by atoms with Crippen LogP contribution in [-0.4, -0.2) is 73.2 Å². The van der Waals surface area contributed by atoms with E-state index in [9.17, 15) is 28.8 Å². The molecule has 296 valence electrons. The number of anilines is 1. The molecular weight excluding hydrogens is 766 g/mol. The van der Waals surface area contributed by atoms with Crippen molar-refractivity contribution in [2.75, 3.05) is 11.9 Å². The quantitative estimate of drug-likeness (QED) is 0.0670. The van der Waals surface area contributed by atoms with E-state index >= 15 is 0 Å². The van der Waals surface area contributed by atoms with Crippen LogP contribution in [0.1, 0.15) is 142 Å². The van der Waals surface area contributed by atoms with Crippen molar-refractivity contribution in [1.29, 1.82) is 0 Å². The molecule has 3 aliphatic rings. The van der Waals surface area contributed by atoms with E-state index in [0.29, 0.717) is 40.2 Å². The number of aryl methyl sites for hydroxylation is 1. The molecule has 0 radical (unpaired) electrons. The molecule has 2 N–H and O–H groups in total. The number of hydrogen-bond donors (Lipinski definition) is 2. The highest BCUT2D eigenvalue weighted by molar-refractivity contribution is 7.17. The highest BCUT2D eigenvalue weighted by atomic mass is 35.5. The summed E-state index contributed by atoms with van der Waals surface area (Å²) in [4.78, 5) is 82.7. The van der Waals surface area contributed by atoms with Gasteiger partial charge in [-0.2, -0.15) is 0 Å². The van der Waals surface area contributed by atoms with Gasteiger partial charge in [-0.3, -0.25) is 48.5 Å². The predicted molar refractivity (Wildman–Crippen MR) is 217 cm³/mol. The third-order valence-electron chi connectivity index (χ3n) is 10.7. The van der Waals surface area contributed by atoms with E-state index in [4.69, 9.17) is 16.6 Å². The molecule has 1 saturated heterocycles. The molecule has 2 aromatic carbocycles. The van der Waals surface area contributed by atoms with Crippen molar-refractivity contribution in [3.05, 3.63) is 91.8 Å². The first-order valence-corrected chi connectivity index (χ1v) is 20.6. The fourth-order valence-corrected chi connectivity index (χ4v) is 9.24. The Kier molecular flexibility index (Phi) is 11.9. The molecule has 0 aliphatic carbocycles. The van der Waals surface area contributed by atoms with Crippen LogP contribution in [0.4, 0.5) is 5.69 Å². The van der Waals surface area contributed by atoms with Crippen LogP contribution in [0.2, 0.25) is 5.02 Å². The third-order valence-corrected chi connectivity index (χ3v) is 12.3. The Morgan fingerprint density at radius 1 is 0.912 bits per heavy atom. The Hall–Kier alpha value is -5.34. The first-order chi connectivity index (χ1) is 27.4. The number of thiophene rings is 1. The smallest absolute Gasteiger partial charge is 0.262 e. The number of carbonyl (C=O) groups is 6. The van der Waals surface area contributed by atoms with Crippen molar-refractivity contribution < 1.29 is 28.8 Å². The van der Waals surface area contributed by atoms with E-state index in [0.717, 1.165) is 77.2 Å². The van der Waals surface area contributed by atoms with Crippen LogP contribution < -0.4 is 10.6 Å². The Balaban J connectivity index is 0.884. The maximum absolute atomic E-state index is 13.7. The summed E-state index contributed by atoms with van der Waals surface area (Å²) in [5.74, 6) is -0.719. The van der Waals surface area contributed by atoms with Crippen LogP contribution in [0.25, 0.3) is 5.00 Å². The molecule has 1 fully saturated rings. The number of carbonyl (C=O) groups excluding carboxylic acids is 6. The number of halogens is 1. The minimum atomic E-state index is -0.985. The van der Waals surface area contributed by atoms with Gasteiger partial charge >= 0.3 is 0 Å². The molecule has 7 rings (SSSR count). The summed E-state index contributed by atoms with van der Waals surface area (Å²) in [6.45, 7) is 6.09. The monoisotopic (exact) mass is 809 g/mol. The molecule has 0 saturated carbocycles. The molecule has 4 amide bonds. The summed E-state index contributed by atoms with van der Waals surface area (Å²) >= 11 is 7.66. The molecule has 0 spiro atoms. The second-order valence-corrected chi connectivity index (χ2v) is 16.3. The Morgan fingerprint density at radius 2 is 1.61 bits per heavy atom. The summed E-state index contributed by atoms with van der Waals surface area (Å²) in [5, 5.41) is 15.8. The van der Waals surface area contributed by atoms with Gasteiger partial charge in [0.1, 0.15) is 28.7 Å². The largest absolute Gasteiger partial charge is 0.385 e. The van der Waals surface area contributed by atoms with Gasteiger partial charge in [0, 0.05) is 47.6 Å². The predicted octanol–water partition coefficient (Wildman–Crippen LogP) is 7.29. The van der Waals surface area contributed by atoms with Crippen molar-refractivity contribution in [1.82, 2.24) is 25.0 Å². The highest BCUT2D eigenvalue weighted by Crippen LogP contribution is 2.41. The van der Waals surface area contributed by atoms with Gasteiger partial charge < -0.3 is 5.32 Å². The normalized spacial score (nSPS) is 17.5. The standard InChI is InChI=1S/C42H44ClN7O6S/c1-23(51)21-31-38-48-47-25(3)49(38)42-35(36(45-31)26-12-14-27(43)15-13-26)24(2)37(57-42)33(52)11-9-7-5-4-6-8-10-20-44-28-16-17-29-30(22-28)41(56)50(40(29)55)32-18-19-34(53)46-39(32)54/h12-17,22,31-32,44H,4-11,18-21H2,1-3H3,(H,46,53,54)/t31-,32?/m0/s1. The van der Waals surface area contributed by atoms with E-state index in [1.807, 2.05) is 42.7 Å². The number of ketones is 2. The average molecular weight is 810 g/mol. The number of hydrogen-bond acceptors (Lipinski definition) is 11. The van der Waals surface area contributed by atoms with Gasteiger partial charge in [0.25, 0.3) is 11.8 Å². The SMILES string of the molecule is CC(=O)C[C@@H]1N=C(c2ccc(Cl)cc2)c2c(sc(C(=O)CCCCCCCCCNc3ccc4c(c3)C(=O)N(C3CCC(=O)NC3=O)C4=O)c2C)-n2c(C)nnc21. The van der Waals surface area contributed by atoms with E-state index in [-0.39, 0.29) is 42.0 Å². The van der Waals surface area contributed by atoms with Gasteiger partial charge in [0.05, 0.1) is 21.7 Å². The average Bonchev–Trinajstić information content (AvgIpc) is 3.77. The van der Waals surface area contributed by atoms with Crippen molar-refractivity contribution in [3.63, 3.8) is 0 Å². The summed E-state index contributed by atoms with van der Waals surface area (Å²) < 4.78 is 1.95. The number of nitrogens with one attached hydrogen (secondary N) is 2. The van der Waals surface area contributed by atoms with E-state index in [1.54, 1.807) is 25.1 Å². The van der Waals surface area contributed by atoms with Gasteiger partial charge in [0.15, 0.2) is 11.6 Å². The molecular formula is C42H44ClN7O6S. The van der Waals surface area contributed by atoms with Gasteiger partial charge in [-0.1, -0.05) is 55.8 Å². The number of rotatable bonds is 16. The second-order valence-electron chi connectivity index (χ2n) is 14.9. The number of aromatic nitrogens is 3. The number of imide groups is 2. The van der Waals surface area contributed by atoms with Crippen molar-refractivity contribution in [2.24, 2.45) is 4.99 Å². The molecule has 0 bridgehead atoms. The van der Waals surface area contributed by atoms with Crippen LogP contribution in [0.3, 0.4) is 0 Å². The van der Waals surface area contributed by atoms with Gasteiger partial charge in [-0.25, -0.2) is 0 Å². The van der Waals surface area contributed by atoms with Crippen LogP contribution in [0, 0.1) is 13.8 Å². The van der Waals surface area contributed by atoms with Gasteiger partial charge in [-0.15, -0.1) is 21.5 Å². The number of unbranched alkanes of at least 4 members (excludes halogenated alkanes) is 6. The van der Waals surface area contributed by atoms with Gasteiger partial charge in [-0.05, 0) is 75.9 Å². The molecule has 2 atom stereocenters. The van der Waals surface area contributed by atoms with Crippen molar-refractivity contribution >= 4 is 69.5 Å². The minimum Gasteiger partial charge on any atom is -0.385 e. The van der Waals surface area contributed by atoms with Crippen molar-refractivity contribution in [2.45, 2.75) is 103 Å². The first-order valence-electron chi connectivity index (χ1n) is 19.4. The Morgan fingerprint density at radius 3 is 2.33 bits per heavy atom. The maximum atomic E-state index is 13.7. The van der Waals surface area contributed by atoms with E-state index < -0.39 is 35.7 Å². The van der Waals surface area contributed by atoms with Crippen molar-refractivity contribution in [3.8, 4) is 5.00 Å². The fraction of sp³-hybridized carbons (Fsp3) is 0.405.